The molecule has 2 heterocycles. The van der Waals surface area contributed by atoms with Crippen LogP contribution in [-0.4, -0.2) is 10.2 Å². The zero-order valence-corrected chi connectivity index (χ0v) is 10.7. The summed E-state index contributed by atoms with van der Waals surface area (Å²) in [6.45, 7) is 2.64. The molecule has 0 amide bonds. The Hall–Kier alpha value is -2.49. The van der Waals surface area contributed by atoms with Crippen LogP contribution in [0.4, 0.5) is 5.69 Å². The van der Waals surface area contributed by atoms with Gasteiger partial charge in [0.2, 0.25) is 0 Å². The predicted molar refractivity (Wildman–Crippen MR) is 74.8 cm³/mol. The van der Waals surface area contributed by atoms with Crippen LogP contribution < -0.4 is 5.32 Å². The summed E-state index contributed by atoms with van der Waals surface area (Å²) >= 11 is 0. The van der Waals surface area contributed by atoms with Crippen LogP contribution in [-0.2, 0) is 6.54 Å². The minimum atomic E-state index is 0.704. The maximum absolute atomic E-state index is 5.62. The molecule has 0 aliphatic heterocycles. The topological polar surface area (TPSA) is 53.9 Å². The average Bonchev–Trinajstić information content (AvgIpc) is 3.06. The largest absolute Gasteiger partial charge is 0.460 e. The number of hydrogen-bond donors (Lipinski definition) is 2. The minimum absolute atomic E-state index is 0.704. The number of para-hydroxylation sites is 1. The van der Waals surface area contributed by atoms with E-state index in [0.717, 1.165) is 28.5 Å². The number of aryl methyl sites for hydroxylation is 1. The lowest BCUT2D eigenvalue weighted by atomic mass is 10.2. The summed E-state index contributed by atoms with van der Waals surface area (Å²) < 4.78 is 5.62. The van der Waals surface area contributed by atoms with E-state index in [4.69, 9.17) is 4.42 Å². The lowest BCUT2D eigenvalue weighted by Crippen LogP contribution is -1.99. The van der Waals surface area contributed by atoms with E-state index in [-0.39, 0.29) is 0 Å². The van der Waals surface area contributed by atoms with Gasteiger partial charge in [-0.3, -0.25) is 5.10 Å². The van der Waals surface area contributed by atoms with Crippen molar-refractivity contribution in [1.82, 2.24) is 10.2 Å². The van der Waals surface area contributed by atoms with Gasteiger partial charge < -0.3 is 9.73 Å². The highest BCUT2D eigenvalue weighted by Gasteiger charge is 2.10. The molecule has 3 aromatic rings. The van der Waals surface area contributed by atoms with Crippen LogP contribution in [0.2, 0.25) is 0 Å². The Labute approximate surface area is 111 Å². The van der Waals surface area contributed by atoms with E-state index in [9.17, 15) is 0 Å². The van der Waals surface area contributed by atoms with Gasteiger partial charge in [0.25, 0.3) is 0 Å². The molecule has 2 aromatic heterocycles. The molecular weight excluding hydrogens is 238 g/mol. The van der Waals surface area contributed by atoms with Crippen molar-refractivity contribution < 1.29 is 4.42 Å². The van der Waals surface area contributed by atoms with Gasteiger partial charge in [-0.2, -0.15) is 5.10 Å². The second kappa shape index (κ2) is 5.02. The van der Waals surface area contributed by atoms with Crippen LogP contribution in [0, 0.1) is 6.92 Å². The van der Waals surface area contributed by atoms with E-state index in [1.54, 1.807) is 0 Å². The number of nitrogens with one attached hydrogen (secondary N) is 2. The molecule has 0 spiro atoms. The van der Waals surface area contributed by atoms with E-state index in [2.05, 4.69) is 15.5 Å². The summed E-state index contributed by atoms with van der Waals surface area (Å²) in [6.07, 6.45) is 1.82. The van der Waals surface area contributed by atoms with Gasteiger partial charge in [-0.1, -0.05) is 18.2 Å². The molecule has 2 N–H and O–H groups in total. The van der Waals surface area contributed by atoms with Crippen LogP contribution in [0.5, 0.6) is 0 Å². The third-order valence-electron chi connectivity index (χ3n) is 2.96. The molecule has 0 aliphatic carbocycles. The first-order valence-corrected chi connectivity index (χ1v) is 6.21. The van der Waals surface area contributed by atoms with E-state index in [0.29, 0.717) is 6.54 Å². The molecule has 3 rings (SSSR count). The lowest BCUT2D eigenvalue weighted by Gasteiger charge is -2.05. The predicted octanol–water partition coefficient (Wildman–Crippen LogP) is 3.59. The Morgan fingerprint density at radius 1 is 1.16 bits per heavy atom. The van der Waals surface area contributed by atoms with Crippen LogP contribution in [0.3, 0.4) is 0 Å². The Kier molecular flexibility index (Phi) is 3.06. The lowest BCUT2D eigenvalue weighted by molar-refractivity contribution is 0.545. The van der Waals surface area contributed by atoms with Gasteiger partial charge in [-0.05, 0) is 31.2 Å². The summed E-state index contributed by atoms with van der Waals surface area (Å²) in [5, 5.41) is 10.4. The number of H-pyrrole nitrogens is 1. The number of benzene rings is 1. The number of furan rings is 1. The van der Waals surface area contributed by atoms with Gasteiger partial charge in [0.1, 0.15) is 11.5 Å². The first-order chi connectivity index (χ1) is 9.33. The molecule has 4 nitrogen and oxygen atoms in total. The fraction of sp³-hybridized carbons (Fsp3) is 0.133. The highest BCUT2D eigenvalue weighted by molar-refractivity contribution is 5.57. The summed E-state index contributed by atoms with van der Waals surface area (Å²) in [6, 6.07) is 14.0. The molecule has 0 atom stereocenters. The second-order valence-electron chi connectivity index (χ2n) is 4.40. The van der Waals surface area contributed by atoms with Gasteiger partial charge in [-0.25, -0.2) is 0 Å². The zero-order chi connectivity index (χ0) is 13.1. The second-order valence-corrected chi connectivity index (χ2v) is 4.40. The first-order valence-electron chi connectivity index (χ1n) is 6.21. The maximum atomic E-state index is 5.62. The molecule has 0 aliphatic rings. The number of nitrogens with zero attached hydrogens (tertiary/aromatic N) is 1. The quantitative estimate of drug-likeness (QED) is 0.747. The van der Waals surface area contributed by atoms with E-state index in [1.165, 1.54) is 0 Å². The summed E-state index contributed by atoms with van der Waals surface area (Å²) in [7, 11) is 0. The SMILES string of the molecule is Cc1ccc(-c2[nH]ncc2CNc2ccccc2)o1. The fourth-order valence-electron chi connectivity index (χ4n) is 1.98. The van der Waals surface area contributed by atoms with Crippen molar-refractivity contribution in [1.29, 1.82) is 0 Å². The van der Waals surface area contributed by atoms with Gasteiger partial charge in [-0.15, -0.1) is 0 Å². The van der Waals surface area contributed by atoms with Crippen LogP contribution in [0.25, 0.3) is 11.5 Å². The van der Waals surface area contributed by atoms with Crippen molar-refractivity contribution >= 4 is 5.69 Å². The molecule has 0 radical (unpaired) electrons. The highest BCUT2D eigenvalue weighted by Crippen LogP contribution is 2.23. The molecular formula is C15H15N3O. The molecule has 19 heavy (non-hydrogen) atoms. The third-order valence-corrected chi connectivity index (χ3v) is 2.96. The first kappa shape index (κ1) is 11.6. The number of aromatic amines is 1. The molecule has 96 valence electrons. The number of anilines is 1. The van der Waals surface area contributed by atoms with Crippen molar-refractivity contribution in [3.63, 3.8) is 0 Å². The van der Waals surface area contributed by atoms with Gasteiger partial charge in [0.15, 0.2) is 5.76 Å². The molecule has 0 saturated heterocycles. The monoisotopic (exact) mass is 253 g/mol. The summed E-state index contributed by atoms with van der Waals surface area (Å²) in [5.74, 6) is 1.71. The Morgan fingerprint density at radius 3 is 2.74 bits per heavy atom. The third kappa shape index (κ3) is 2.52. The summed E-state index contributed by atoms with van der Waals surface area (Å²) in [4.78, 5) is 0. The van der Waals surface area contributed by atoms with Gasteiger partial charge in [0, 0.05) is 17.8 Å². The number of hydrogen-bond acceptors (Lipinski definition) is 3. The molecule has 0 fully saturated rings. The smallest absolute Gasteiger partial charge is 0.152 e. The molecule has 0 bridgehead atoms. The van der Waals surface area contributed by atoms with E-state index < -0.39 is 0 Å². The zero-order valence-electron chi connectivity index (χ0n) is 10.7. The highest BCUT2D eigenvalue weighted by atomic mass is 16.3. The van der Waals surface area contributed by atoms with Gasteiger partial charge >= 0.3 is 0 Å². The van der Waals surface area contributed by atoms with E-state index >= 15 is 0 Å². The van der Waals surface area contributed by atoms with E-state index in [1.807, 2.05) is 55.6 Å². The van der Waals surface area contributed by atoms with Crippen LogP contribution >= 0.6 is 0 Å². The fourth-order valence-corrected chi connectivity index (χ4v) is 1.98. The molecule has 4 heteroatoms. The Bertz CT molecular complexity index is 655. The normalized spacial score (nSPS) is 10.6. The van der Waals surface area contributed by atoms with Crippen molar-refractivity contribution in [3.8, 4) is 11.5 Å². The van der Waals surface area contributed by atoms with Crippen LogP contribution in [0.1, 0.15) is 11.3 Å². The summed E-state index contributed by atoms with van der Waals surface area (Å²) in [5.41, 5.74) is 3.10. The average molecular weight is 253 g/mol. The number of aromatic nitrogens is 2. The van der Waals surface area contributed by atoms with Crippen molar-refractivity contribution in [2.24, 2.45) is 0 Å². The Morgan fingerprint density at radius 2 is 2.00 bits per heavy atom. The Balaban J connectivity index is 1.77. The van der Waals surface area contributed by atoms with Crippen molar-refractivity contribution in [3.05, 3.63) is 60.0 Å². The van der Waals surface area contributed by atoms with Crippen LogP contribution in [0.15, 0.2) is 53.1 Å². The van der Waals surface area contributed by atoms with Gasteiger partial charge in [0.05, 0.1) is 6.20 Å². The van der Waals surface area contributed by atoms with Crippen molar-refractivity contribution in [2.45, 2.75) is 13.5 Å². The molecule has 0 saturated carbocycles. The standard InChI is InChI=1S/C15H15N3O/c1-11-7-8-14(19-11)15-12(10-17-18-15)9-16-13-5-3-2-4-6-13/h2-8,10,16H,9H2,1H3,(H,17,18). The van der Waals surface area contributed by atoms with Crippen molar-refractivity contribution in [2.75, 3.05) is 5.32 Å². The maximum Gasteiger partial charge on any atom is 0.152 e. The number of rotatable bonds is 4. The molecule has 1 aromatic carbocycles. The minimum Gasteiger partial charge on any atom is -0.460 e. The molecule has 0 unspecified atom stereocenters.